The second-order valence-electron chi connectivity index (χ2n) is 6.57. The van der Waals surface area contributed by atoms with E-state index in [1.807, 2.05) is 13.0 Å². The summed E-state index contributed by atoms with van der Waals surface area (Å²) < 4.78 is 33.7. The zero-order valence-corrected chi connectivity index (χ0v) is 15.3. The van der Waals surface area contributed by atoms with Gasteiger partial charge in [0.25, 0.3) is 10.0 Å². The number of benzene rings is 2. The molecule has 2 aliphatic heterocycles. The van der Waals surface area contributed by atoms with Crippen LogP contribution in [0.25, 0.3) is 0 Å². The summed E-state index contributed by atoms with van der Waals surface area (Å²) in [5.41, 5.74) is 2.89. The highest BCUT2D eigenvalue weighted by atomic mass is 32.2. The molecule has 2 aromatic rings. The van der Waals surface area contributed by atoms with Crippen molar-refractivity contribution < 1.29 is 17.9 Å². The van der Waals surface area contributed by atoms with E-state index in [1.165, 1.54) is 0 Å². The molecule has 1 fully saturated rings. The molecular weight excluding hydrogens is 352 g/mol. The average Bonchev–Trinajstić information content (AvgIpc) is 3.24. The fraction of sp³-hybridized carbons (Fsp3) is 0.316. The lowest BCUT2D eigenvalue weighted by Gasteiger charge is -2.21. The van der Waals surface area contributed by atoms with Gasteiger partial charge in [-0.2, -0.15) is 0 Å². The molecule has 1 N–H and O–H groups in total. The summed E-state index contributed by atoms with van der Waals surface area (Å²) in [5, 5.41) is 0. The van der Waals surface area contributed by atoms with Crippen LogP contribution in [0.3, 0.4) is 0 Å². The van der Waals surface area contributed by atoms with Crippen molar-refractivity contribution >= 4 is 27.3 Å². The van der Waals surface area contributed by atoms with Crippen molar-refractivity contribution in [2.45, 2.75) is 31.1 Å². The lowest BCUT2D eigenvalue weighted by molar-refractivity contribution is -0.117. The fourth-order valence-electron chi connectivity index (χ4n) is 3.46. The predicted molar refractivity (Wildman–Crippen MR) is 99.2 cm³/mol. The molecule has 2 aromatic carbocycles. The third-order valence-electron chi connectivity index (χ3n) is 4.88. The number of anilines is 2. The van der Waals surface area contributed by atoms with Gasteiger partial charge in [0.15, 0.2) is 0 Å². The smallest absolute Gasteiger partial charge is 0.261 e. The number of sulfonamides is 1. The maximum atomic E-state index is 12.8. The molecular formula is C19H20N2O4S. The van der Waals surface area contributed by atoms with Crippen LogP contribution < -0.4 is 14.4 Å². The van der Waals surface area contributed by atoms with Crippen LogP contribution in [0.5, 0.6) is 5.75 Å². The number of nitrogens with zero attached hydrogens (tertiary/aromatic N) is 1. The van der Waals surface area contributed by atoms with Crippen molar-refractivity contribution in [3.8, 4) is 5.75 Å². The van der Waals surface area contributed by atoms with Gasteiger partial charge in [0.1, 0.15) is 5.75 Å². The molecule has 0 spiro atoms. The molecule has 7 heteroatoms. The lowest BCUT2D eigenvalue weighted by atomic mass is 10.1. The van der Waals surface area contributed by atoms with E-state index in [0.29, 0.717) is 31.7 Å². The number of amides is 1. The Morgan fingerprint density at radius 2 is 2.00 bits per heavy atom. The molecule has 2 heterocycles. The van der Waals surface area contributed by atoms with E-state index in [-0.39, 0.29) is 10.8 Å². The minimum absolute atomic E-state index is 0.0757. The van der Waals surface area contributed by atoms with Crippen molar-refractivity contribution in [2.75, 3.05) is 22.8 Å². The highest BCUT2D eigenvalue weighted by molar-refractivity contribution is 7.92. The third kappa shape index (κ3) is 2.92. The van der Waals surface area contributed by atoms with E-state index < -0.39 is 10.0 Å². The molecule has 0 saturated carbocycles. The first-order valence-electron chi connectivity index (χ1n) is 8.64. The molecule has 0 atom stereocenters. The van der Waals surface area contributed by atoms with Gasteiger partial charge in [-0.05, 0) is 54.8 Å². The first kappa shape index (κ1) is 16.9. The van der Waals surface area contributed by atoms with Crippen LogP contribution in [0, 0.1) is 6.92 Å². The highest BCUT2D eigenvalue weighted by Gasteiger charge is 2.25. The molecule has 6 nitrogen and oxygen atoms in total. The Morgan fingerprint density at radius 1 is 1.15 bits per heavy atom. The van der Waals surface area contributed by atoms with Gasteiger partial charge in [0.05, 0.1) is 17.2 Å². The molecule has 0 unspecified atom stereocenters. The van der Waals surface area contributed by atoms with Crippen LogP contribution in [0.15, 0.2) is 41.3 Å². The van der Waals surface area contributed by atoms with E-state index in [0.717, 1.165) is 29.0 Å². The number of carbonyl (C=O) groups excluding carboxylic acids is 1. The molecule has 26 heavy (non-hydrogen) atoms. The minimum atomic E-state index is -3.72. The molecule has 1 saturated heterocycles. The van der Waals surface area contributed by atoms with Gasteiger partial charge in [-0.15, -0.1) is 0 Å². The average molecular weight is 372 g/mol. The van der Waals surface area contributed by atoms with Crippen LogP contribution in [-0.4, -0.2) is 27.5 Å². The zero-order valence-electron chi connectivity index (χ0n) is 14.5. The summed E-state index contributed by atoms with van der Waals surface area (Å²) in [6.45, 7) is 3.08. The summed E-state index contributed by atoms with van der Waals surface area (Å²) >= 11 is 0. The van der Waals surface area contributed by atoms with Crippen molar-refractivity contribution in [2.24, 2.45) is 0 Å². The SMILES string of the molecule is Cc1c(NS(=O)(=O)c2ccc3c(c2)CCO3)cccc1N1CCCC1=O. The maximum absolute atomic E-state index is 12.8. The van der Waals surface area contributed by atoms with E-state index in [1.54, 1.807) is 35.2 Å². The molecule has 1 amide bonds. The summed E-state index contributed by atoms with van der Waals surface area (Å²) in [6, 6.07) is 10.2. The Labute approximate surface area is 152 Å². The Hall–Kier alpha value is -2.54. The van der Waals surface area contributed by atoms with E-state index in [9.17, 15) is 13.2 Å². The van der Waals surface area contributed by atoms with Crippen molar-refractivity contribution in [3.05, 3.63) is 47.5 Å². The molecule has 2 aliphatic rings. The largest absolute Gasteiger partial charge is 0.493 e. The van der Waals surface area contributed by atoms with Gasteiger partial charge in [-0.25, -0.2) is 8.42 Å². The molecule has 0 bridgehead atoms. The highest BCUT2D eigenvalue weighted by Crippen LogP contribution is 2.32. The van der Waals surface area contributed by atoms with Crippen molar-refractivity contribution in [1.82, 2.24) is 0 Å². The molecule has 0 aromatic heterocycles. The van der Waals surface area contributed by atoms with E-state index >= 15 is 0 Å². The summed E-state index contributed by atoms with van der Waals surface area (Å²) in [7, 11) is -3.72. The standard InChI is InChI=1S/C19H20N2O4S/c1-13-16(4-2-5-17(13)21-10-3-6-19(21)22)20-26(23,24)15-7-8-18-14(12-15)9-11-25-18/h2,4-5,7-8,12,20H,3,6,9-11H2,1H3. The number of ether oxygens (including phenoxy) is 1. The molecule has 4 rings (SSSR count). The quantitative estimate of drug-likeness (QED) is 0.895. The van der Waals surface area contributed by atoms with Crippen LogP contribution >= 0.6 is 0 Å². The molecule has 0 aliphatic carbocycles. The van der Waals surface area contributed by atoms with Gasteiger partial charge < -0.3 is 9.64 Å². The predicted octanol–water partition coefficient (Wildman–Crippen LogP) is 2.86. The third-order valence-corrected chi connectivity index (χ3v) is 6.25. The Morgan fingerprint density at radius 3 is 2.77 bits per heavy atom. The normalized spacial score (nSPS) is 16.5. The Bertz CT molecular complexity index is 985. The van der Waals surface area contributed by atoms with Crippen LogP contribution in [0.1, 0.15) is 24.0 Å². The van der Waals surface area contributed by atoms with Crippen LogP contribution in [0.2, 0.25) is 0 Å². The summed E-state index contributed by atoms with van der Waals surface area (Å²) in [6.07, 6.45) is 2.07. The van der Waals surface area contributed by atoms with Gasteiger partial charge in [0.2, 0.25) is 5.91 Å². The number of fused-ring (bicyclic) bond motifs is 1. The fourth-order valence-corrected chi connectivity index (χ4v) is 4.64. The van der Waals surface area contributed by atoms with E-state index in [4.69, 9.17) is 4.74 Å². The number of rotatable bonds is 4. The monoisotopic (exact) mass is 372 g/mol. The first-order chi connectivity index (χ1) is 12.5. The minimum Gasteiger partial charge on any atom is -0.493 e. The Kier molecular flexibility index (Phi) is 4.11. The lowest BCUT2D eigenvalue weighted by Crippen LogP contribution is -2.25. The van der Waals surface area contributed by atoms with Gasteiger partial charge in [0, 0.05) is 25.1 Å². The van der Waals surface area contributed by atoms with Crippen molar-refractivity contribution in [3.63, 3.8) is 0 Å². The Balaban J connectivity index is 1.65. The topological polar surface area (TPSA) is 75.7 Å². The first-order valence-corrected chi connectivity index (χ1v) is 10.1. The van der Waals surface area contributed by atoms with Gasteiger partial charge >= 0.3 is 0 Å². The molecule has 136 valence electrons. The van der Waals surface area contributed by atoms with Crippen LogP contribution in [-0.2, 0) is 21.2 Å². The summed E-state index contributed by atoms with van der Waals surface area (Å²) in [5.74, 6) is 0.821. The number of hydrogen-bond acceptors (Lipinski definition) is 4. The number of carbonyl (C=O) groups is 1. The summed E-state index contributed by atoms with van der Waals surface area (Å²) in [4.78, 5) is 14.0. The second kappa shape index (κ2) is 6.32. The van der Waals surface area contributed by atoms with Crippen molar-refractivity contribution in [1.29, 1.82) is 0 Å². The van der Waals surface area contributed by atoms with Gasteiger partial charge in [-0.3, -0.25) is 9.52 Å². The maximum Gasteiger partial charge on any atom is 0.261 e. The number of hydrogen-bond donors (Lipinski definition) is 1. The second-order valence-corrected chi connectivity index (χ2v) is 8.25. The zero-order chi connectivity index (χ0) is 18.3. The van der Waals surface area contributed by atoms with Crippen LogP contribution in [0.4, 0.5) is 11.4 Å². The number of nitrogens with one attached hydrogen (secondary N) is 1. The van der Waals surface area contributed by atoms with Gasteiger partial charge in [-0.1, -0.05) is 6.07 Å². The molecule has 0 radical (unpaired) electrons. The van der Waals surface area contributed by atoms with E-state index in [2.05, 4.69) is 4.72 Å².